The van der Waals surface area contributed by atoms with Crippen molar-refractivity contribution in [3.63, 3.8) is 0 Å². The predicted molar refractivity (Wildman–Crippen MR) is 69.1 cm³/mol. The van der Waals surface area contributed by atoms with E-state index in [1.807, 2.05) is 0 Å². The molecule has 1 fully saturated rings. The lowest BCUT2D eigenvalue weighted by atomic mass is 9.89. The molecular weight excluding hydrogens is 246 g/mol. The summed E-state index contributed by atoms with van der Waals surface area (Å²) in [6.45, 7) is 3.79. The molecular formula is C12H19N5O2. The lowest BCUT2D eigenvalue weighted by molar-refractivity contribution is -0.126. The monoisotopic (exact) mass is 265 g/mol. The summed E-state index contributed by atoms with van der Waals surface area (Å²) in [6, 6.07) is 0. The maximum Gasteiger partial charge on any atom is 0.274 e. The number of nitrogens with two attached hydrogens (primary N) is 2. The molecule has 0 spiro atoms. The topological polar surface area (TPSA) is 107 Å². The van der Waals surface area contributed by atoms with Crippen LogP contribution in [-0.4, -0.2) is 45.9 Å². The van der Waals surface area contributed by atoms with Crippen LogP contribution in [0.1, 0.15) is 23.8 Å². The Labute approximate surface area is 111 Å². The van der Waals surface area contributed by atoms with E-state index in [-0.39, 0.29) is 11.8 Å². The summed E-state index contributed by atoms with van der Waals surface area (Å²) < 4.78 is 1.77. The van der Waals surface area contributed by atoms with Crippen molar-refractivity contribution in [2.75, 3.05) is 19.6 Å². The lowest BCUT2D eigenvalue weighted by Gasteiger charge is -2.20. The summed E-state index contributed by atoms with van der Waals surface area (Å²) in [6.07, 6.45) is 3.86. The normalized spacial score (nSPS) is 22.7. The molecule has 1 aliphatic heterocycles. The summed E-state index contributed by atoms with van der Waals surface area (Å²) in [5, 5.41) is 0. The smallest absolute Gasteiger partial charge is 0.274 e. The molecule has 2 amide bonds. The van der Waals surface area contributed by atoms with E-state index < -0.39 is 5.41 Å². The van der Waals surface area contributed by atoms with E-state index >= 15 is 0 Å². The summed E-state index contributed by atoms with van der Waals surface area (Å²) in [4.78, 5) is 29.3. The Morgan fingerprint density at radius 1 is 1.53 bits per heavy atom. The van der Waals surface area contributed by atoms with Gasteiger partial charge in [-0.25, -0.2) is 4.98 Å². The maximum absolute atomic E-state index is 12.2. The number of amides is 2. The van der Waals surface area contributed by atoms with Gasteiger partial charge in [0.1, 0.15) is 5.69 Å². The number of imidazole rings is 1. The third-order valence-electron chi connectivity index (χ3n) is 3.60. The second kappa shape index (κ2) is 5.00. The fourth-order valence-corrected chi connectivity index (χ4v) is 2.24. The second-order valence-electron chi connectivity index (χ2n) is 5.19. The van der Waals surface area contributed by atoms with Crippen LogP contribution in [-0.2, 0) is 11.3 Å². The number of rotatable bonds is 4. The molecule has 1 saturated heterocycles. The van der Waals surface area contributed by atoms with Gasteiger partial charge in [0.2, 0.25) is 5.91 Å². The van der Waals surface area contributed by atoms with Gasteiger partial charge in [-0.2, -0.15) is 0 Å². The number of aromatic nitrogens is 2. The molecule has 0 aliphatic carbocycles. The van der Waals surface area contributed by atoms with Crippen LogP contribution in [0.15, 0.2) is 12.5 Å². The fraction of sp³-hybridized carbons (Fsp3) is 0.583. The van der Waals surface area contributed by atoms with E-state index in [1.165, 1.54) is 0 Å². The first-order chi connectivity index (χ1) is 8.96. The van der Waals surface area contributed by atoms with Gasteiger partial charge in [0.25, 0.3) is 5.91 Å². The van der Waals surface area contributed by atoms with Crippen molar-refractivity contribution >= 4 is 11.8 Å². The summed E-state index contributed by atoms with van der Waals surface area (Å²) in [7, 11) is 0. The van der Waals surface area contributed by atoms with Gasteiger partial charge in [-0.1, -0.05) is 0 Å². The number of carbonyl (C=O) groups is 2. The van der Waals surface area contributed by atoms with Gasteiger partial charge in [-0.15, -0.1) is 0 Å². The van der Waals surface area contributed by atoms with Crippen LogP contribution in [0, 0.1) is 5.41 Å². The number of carbonyl (C=O) groups excluding carboxylic acids is 2. The molecule has 4 N–H and O–H groups in total. The van der Waals surface area contributed by atoms with Crippen LogP contribution in [0.3, 0.4) is 0 Å². The molecule has 0 aromatic carbocycles. The highest BCUT2D eigenvalue weighted by molar-refractivity contribution is 5.93. The van der Waals surface area contributed by atoms with Crippen LogP contribution in [0.4, 0.5) is 0 Å². The van der Waals surface area contributed by atoms with Gasteiger partial charge < -0.3 is 20.9 Å². The number of hydrogen-bond acceptors (Lipinski definition) is 4. The van der Waals surface area contributed by atoms with Crippen molar-refractivity contribution in [2.45, 2.75) is 19.9 Å². The van der Waals surface area contributed by atoms with Crippen molar-refractivity contribution in [1.29, 1.82) is 0 Å². The number of hydrogen-bond donors (Lipinski definition) is 2. The Bertz CT molecular complexity index is 498. The molecule has 2 heterocycles. The van der Waals surface area contributed by atoms with E-state index in [0.29, 0.717) is 38.3 Å². The molecule has 1 aromatic rings. The molecule has 1 aliphatic rings. The lowest BCUT2D eigenvalue weighted by Crippen LogP contribution is -2.38. The Balaban J connectivity index is 2.06. The van der Waals surface area contributed by atoms with Crippen molar-refractivity contribution in [2.24, 2.45) is 16.9 Å². The minimum atomic E-state index is -0.629. The third-order valence-corrected chi connectivity index (χ3v) is 3.60. The molecule has 0 bridgehead atoms. The molecule has 1 unspecified atom stereocenters. The van der Waals surface area contributed by atoms with Crippen LogP contribution < -0.4 is 11.5 Å². The predicted octanol–water partition coefficient (Wildman–Crippen LogP) is -0.821. The highest BCUT2D eigenvalue weighted by Gasteiger charge is 2.41. The molecule has 7 heteroatoms. The van der Waals surface area contributed by atoms with Gasteiger partial charge in [-0.05, 0) is 13.3 Å². The Morgan fingerprint density at radius 3 is 2.84 bits per heavy atom. The number of nitrogens with zero attached hydrogens (tertiary/aromatic N) is 3. The van der Waals surface area contributed by atoms with E-state index in [4.69, 9.17) is 11.5 Å². The second-order valence-corrected chi connectivity index (χ2v) is 5.19. The SMILES string of the molecule is CC1(C(N)=O)CCN(C(=O)c2cn(CCN)cn2)C1. The molecule has 7 nitrogen and oxygen atoms in total. The van der Waals surface area contributed by atoms with Crippen LogP contribution in [0.2, 0.25) is 0 Å². The van der Waals surface area contributed by atoms with Crippen LogP contribution in [0.25, 0.3) is 0 Å². The zero-order chi connectivity index (χ0) is 14.0. The maximum atomic E-state index is 12.2. The third kappa shape index (κ3) is 2.60. The van der Waals surface area contributed by atoms with Gasteiger partial charge in [-0.3, -0.25) is 9.59 Å². The summed E-state index contributed by atoms with van der Waals surface area (Å²) in [5.74, 6) is -0.530. The highest BCUT2D eigenvalue weighted by atomic mass is 16.2. The Hall–Kier alpha value is -1.89. The largest absolute Gasteiger partial charge is 0.369 e. The molecule has 0 saturated carbocycles. The van der Waals surface area contributed by atoms with E-state index in [0.717, 1.165) is 0 Å². The zero-order valence-corrected chi connectivity index (χ0v) is 11.0. The molecule has 0 radical (unpaired) electrons. The van der Waals surface area contributed by atoms with Crippen molar-refractivity contribution in [3.05, 3.63) is 18.2 Å². The summed E-state index contributed by atoms with van der Waals surface area (Å²) >= 11 is 0. The van der Waals surface area contributed by atoms with Crippen LogP contribution >= 0.6 is 0 Å². The van der Waals surface area contributed by atoms with Gasteiger partial charge in [0, 0.05) is 32.4 Å². The molecule has 104 valence electrons. The average Bonchev–Trinajstić information content (AvgIpc) is 2.97. The fourth-order valence-electron chi connectivity index (χ4n) is 2.24. The summed E-state index contributed by atoms with van der Waals surface area (Å²) in [5.41, 5.74) is 10.6. The first kappa shape index (κ1) is 13.5. The quantitative estimate of drug-likeness (QED) is 0.741. The molecule has 1 atom stereocenters. The molecule has 2 rings (SSSR count). The van der Waals surface area contributed by atoms with E-state index in [2.05, 4.69) is 4.98 Å². The van der Waals surface area contributed by atoms with E-state index in [9.17, 15) is 9.59 Å². The van der Waals surface area contributed by atoms with Gasteiger partial charge in [0.05, 0.1) is 11.7 Å². The molecule has 1 aromatic heterocycles. The minimum Gasteiger partial charge on any atom is -0.369 e. The first-order valence-electron chi connectivity index (χ1n) is 6.27. The highest BCUT2D eigenvalue weighted by Crippen LogP contribution is 2.30. The van der Waals surface area contributed by atoms with Crippen molar-refractivity contribution in [3.8, 4) is 0 Å². The van der Waals surface area contributed by atoms with Gasteiger partial charge >= 0.3 is 0 Å². The van der Waals surface area contributed by atoms with E-state index in [1.54, 1.807) is 28.9 Å². The standard InChI is InChI=1S/C12H19N5O2/c1-12(11(14)19)2-4-17(7-12)10(18)9-6-16(5-3-13)8-15-9/h6,8H,2-5,7,13H2,1H3,(H2,14,19). The number of likely N-dealkylation sites (tertiary alicyclic amines) is 1. The van der Waals surface area contributed by atoms with Crippen molar-refractivity contribution in [1.82, 2.24) is 14.5 Å². The first-order valence-corrected chi connectivity index (χ1v) is 6.27. The van der Waals surface area contributed by atoms with Gasteiger partial charge in [0.15, 0.2) is 0 Å². The minimum absolute atomic E-state index is 0.166. The Kier molecular flexibility index (Phi) is 3.57. The van der Waals surface area contributed by atoms with Crippen LogP contribution in [0.5, 0.6) is 0 Å². The zero-order valence-electron chi connectivity index (χ0n) is 11.0. The average molecular weight is 265 g/mol. The van der Waals surface area contributed by atoms with Crippen molar-refractivity contribution < 1.29 is 9.59 Å². The number of primary amides is 1. The molecule has 19 heavy (non-hydrogen) atoms. The Morgan fingerprint density at radius 2 is 2.26 bits per heavy atom.